The van der Waals surface area contributed by atoms with Gasteiger partial charge in [-0.25, -0.2) is 9.18 Å². The summed E-state index contributed by atoms with van der Waals surface area (Å²) in [4.78, 5) is 10.3. The fraction of sp³-hybridized carbons (Fsp3) is 0.250. The zero-order valence-electron chi connectivity index (χ0n) is 10.2. The van der Waals surface area contributed by atoms with Crippen molar-refractivity contribution in [2.75, 3.05) is 6.61 Å². The Kier molecular flexibility index (Phi) is 4.65. The number of carboxylic acid groups (broad SMARTS) is 1. The van der Waals surface area contributed by atoms with E-state index in [1.165, 1.54) is 12.1 Å². The summed E-state index contributed by atoms with van der Waals surface area (Å²) < 4.78 is 23.6. The Balaban J connectivity index is 2.01. The first kappa shape index (κ1) is 14.4. The predicted molar refractivity (Wildman–Crippen MR) is 65.8 cm³/mol. The summed E-state index contributed by atoms with van der Waals surface area (Å²) in [7, 11) is 0. The van der Waals surface area contributed by atoms with Crippen LogP contribution < -0.4 is 0 Å². The zero-order chi connectivity index (χ0) is 14.5. The molecule has 8 heteroatoms. The van der Waals surface area contributed by atoms with Crippen LogP contribution >= 0.6 is 11.6 Å². The van der Waals surface area contributed by atoms with Crippen LogP contribution in [0.5, 0.6) is 0 Å². The maximum absolute atomic E-state index is 13.6. The van der Waals surface area contributed by atoms with E-state index >= 15 is 0 Å². The Morgan fingerprint density at radius 2 is 2.15 bits per heavy atom. The lowest BCUT2D eigenvalue weighted by molar-refractivity contribution is -0.142. The fourth-order valence-electron chi connectivity index (χ4n) is 1.50. The molecule has 0 unspecified atom stereocenters. The molecule has 1 aromatic carbocycles. The highest BCUT2D eigenvalue weighted by Crippen LogP contribution is 2.21. The highest BCUT2D eigenvalue weighted by molar-refractivity contribution is 6.31. The van der Waals surface area contributed by atoms with Gasteiger partial charge in [-0.3, -0.25) is 0 Å². The van der Waals surface area contributed by atoms with Crippen LogP contribution in [0.4, 0.5) is 4.39 Å². The number of aromatic nitrogens is 2. The van der Waals surface area contributed by atoms with E-state index in [4.69, 9.17) is 25.9 Å². The third-order valence-electron chi connectivity index (χ3n) is 2.35. The standard InChI is InChI=1S/C12H10ClFN2O4/c13-8-2-1-3-9(14)7(8)4-10-15-16-11(20-10)5-19-6-12(17)18/h1-3H,4-6H2,(H,17,18). The normalized spacial score (nSPS) is 10.7. The van der Waals surface area contributed by atoms with Crippen molar-refractivity contribution in [1.29, 1.82) is 0 Å². The van der Waals surface area contributed by atoms with Crippen LogP contribution in [0.2, 0.25) is 5.02 Å². The van der Waals surface area contributed by atoms with E-state index in [1.807, 2.05) is 0 Å². The second-order valence-corrected chi connectivity index (χ2v) is 4.26. The monoisotopic (exact) mass is 300 g/mol. The molecule has 0 aliphatic rings. The van der Waals surface area contributed by atoms with Gasteiger partial charge in [0, 0.05) is 10.6 Å². The Bertz CT molecular complexity index is 597. The Morgan fingerprint density at radius 1 is 1.40 bits per heavy atom. The minimum absolute atomic E-state index is 0.0530. The van der Waals surface area contributed by atoms with Gasteiger partial charge >= 0.3 is 5.97 Å². The van der Waals surface area contributed by atoms with Crippen LogP contribution in [0.1, 0.15) is 17.3 Å². The molecule has 0 aliphatic heterocycles. The summed E-state index contributed by atoms with van der Waals surface area (Å²) in [6, 6.07) is 4.35. The van der Waals surface area contributed by atoms with E-state index in [2.05, 4.69) is 10.2 Å². The molecule has 0 saturated heterocycles. The van der Waals surface area contributed by atoms with Gasteiger partial charge in [0.1, 0.15) is 19.0 Å². The zero-order valence-corrected chi connectivity index (χ0v) is 10.9. The molecule has 2 aromatic rings. The lowest BCUT2D eigenvalue weighted by atomic mass is 10.1. The van der Waals surface area contributed by atoms with Crippen molar-refractivity contribution in [3.05, 3.63) is 46.4 Å². The quantitative estimate of drug-likeness (QED) is 0.879. The Hall–Kier alpha value is -1.99. The number of carbonyl (C=O) groups is 1. The maximum atomic E-state index is 13.6. The number of benzene rings is 1. The third kappa shape index (κ3) is 3.75. The van der Waals surface area contributed by atoms with Crippen molar-refractivity contribution < 1.29 is 23.4 Å². The van der Waals surface area contributed by atoms with E-state index in [0.717, 1.165) is 0 Å². The molecule has 0 amide bonds. The summed E-state index contributed by atoms with van der Waals surface area (Å²) in [5.41, 5.74) is 0.260. The topological polar surface area (TPSA) is 85.5 Å². The molecule has 0 aliphatic carbocycles. The first-order chi connectivity index (χ1) is 9.56. The molecular formula is C12H10ClFN2O4. The van der Waals surface area contributed by atoms with Crippen LogP contribution in [-0.2, 0) is 22.6 Å². The molecule has 0 spiro atoms. The molecule has 20 heavy (non-hydrogen) atoms. The van der Waals surface area contributed by atoms with Gasteiger partial charge in [-0.2, -0.15) is 0 Å². The maximum Gasteiger partial charge on any atom is 0.329 e. The number of hydrogen-bond donors (Lipinski definition) is 1. The number of aliphatic carboxylic acids is 1. The molecule has 6 nitrogen and oxygen atoms in total. The smallest absolute Gasteiger partial charge is 0.329 e. The second kappa shape index (κ2) is 6.44. The molecule has 0 fully saturated rings. The highest BCUT2D eigenvalue weighted by Gasteiger charge is 2.13. The molecule has 0 radical (unpaired) electrons. The van der Waals surface area contributed by atoms with Gasteiger partial charge in [0.2, 0.25) is 11.8 Å². The van der Waals surface area contributed by atoms with Crippen LogP contribution in [-0.4, -0.2) is 27.9 Å². The van der Waals surface area contributed by atoms with Crippen LogP contribution in [0.25, 0.3) is 0 Å². The number of ether oxygens (including phenoxy) is 1. The van der Waals surface area contributed by atoms with Gasteiger partial charge in [0.15, 0.2) is 0 Å². The minimum atomic E-state index is -1.09. The van der Waals surface area contributed by atoms with Gasteiger partial charge in [-0.15, -0.1) is 10.2 Å². The van der Waals surface area contributed by atoms with Crippen LogP contribution in [0, 0.1) is 5.82 Å². The van der Waals surface area contributed by atoms with Crippen molar-refractivity contribution in [1.82, 2.24) is 10.2 Å². The highest BCUT2D eigenvalue weighted by atomic mass is 35.5. The number of carboxylic acids is 1. The minimum Gasteiger partial charge on any atom is -0.480 e. The van der Waals surface area contributed by atoms with Crippen molar-refractivity contribution in [2.24, 2.45) is 0 Å². The van der Waals surface area contributed by atoms with Crippen LogP contribution in [0.15, 0.2) is 22.6 Å². The fourth-order valence-corrected chi connectivity index (χ4v) is 1.73. The Labute approximate surface area is 118 Å². The molecule has 1 N–H and O–H groups in total. The summed E-state index contributed by atoms with van der Waals surface area (Å²) >= 11 is 5.88. The second-order valence-electron chi connectivity index (χ2n) is 3.85. The first-order valence-electron chi connectivity index (χ1n) is 5.60. The molecule has 1 aromatic heterocycles. The molecule has 0 bridgehead atoms. The SMILES string of the molecule is O=C(O)COCc1nnc(Cc2c(F)cccc2Cl)o1. The van der Waals surface area contributed by atoms with E-state index in [0.29, 0.717) is 0 Å². The largest absolute Gasteiger partial charge is 0.480 e. The molecular weight excluding hydrogens is 291 g/mol. The van der Waals surface area contributed by atoms with Gasteiger partial charge in [0.25, 0.3) is 0 Å². The first-order valence-corrected chi connectivity index (χ1v) is 5.97. The van der Waals surface area contributed by atoms with Crippen molar-refractivity contribution in [3.8, 4) is 0 Å². The Morgan fingerprint density at radius 3 is 2.85 bits per heavy atom. The van der Waals surface area contributed by atoms with Gasteiger partial charge in [-0.1, -0.05) is 17.7 Å². The average Bonchev–Trinajstić information content (AvgIpc) is 2.81. The third-order valence-corrected chi connectivity index (χ3v) is 2.70. The number of nitrogens with zero attached hydrogens (tertiary/aromatic N) is 2. The summed E-state index contributed by atoms with van der Waals surface area (Å²) in [5, 5.41) is 16.1. The van der Waals surface area contributed by atoms with E-state index in [-0.39, 0.29) is 35.4 Å². The van der Waals surface area contributed by atoms with Crippen molar-refractivity contribution in [3.63, 3.8) is 0 Å². The van der Waals surface area contributed by atoms with E-state index in [1.54, 1.807) is 6.07 Å². The van der Waals surface area contributed by atoms with Gasteiger partial charge < -0.3 is 14.3 Å². The molecule has 1 heterocycles. The lowest BCUT2D eigenvalue weighted by Crippen LogP contribution is -2.06. The van der Waals surface area contributed by atoms with Gasteiger partial charge in [-0.05, 0) is 12.1 Å². The van der Waals surface area contributed by atoms with E-state index < -0.39 is 18.4 Å². The van der Waals surface area contributed by atoms with Crippen molar-refractivity contribution >= 4 is 17.6 Å². The average molecular weight is 301 g/mol. The summed E-state index contributed by atoms with van der Waals surface area (Å²) in [5.74, 6) is -1.26. The molecule has 0 saturated carbocycles. The summed E-state index contributed by atoms with van der Waals surface area (Å²) in [6.07, 6.45) is 0.0530. The molecule has 106 valence electrons. The van der Waals surface area contributed by atoms with E-state index in [9.17, 15) is 9.18 Å². The molecule has 2 rings (SSSR count). The predicted octanol–water partition coefficient (Wildman–Crippen LogP) is 2.05. The van der Waals surface area contributed by atoms with Crippen molar-refractivity contribution in [2.45, 2.75) is 13.0 Å². The lowest BCUT2D eigenvalue weighted by Gasteiger charge is -2.02. The summed E-state index contributed by atoms with van der Waals surface area (Å²) in [6.45, 7) is -0.582. The molecule has 0 atom stereocenters. The number of hydrogen-bond acceptors (Lipinski definition) is 5. The van der Waals surface area contributed by atoms with Gasteiger partial charge in [0.05, 0.1) is 6.42 Å². The number of rotatable bonds is 6. The number of halogens is 2. The van der Waals surface area contributed by atoms with Crippen LogP contribution in [0.3, 0.4) is 0 Å².